The maximum atomic E-state index is 2.31. The molecule has 1 heterocycles. The van der Waals surface area contributed by atoms with Crippen LogP contribution >= 0.6 is 0 Å². The minimum Gasteiger partial charge on any atom is -0.344 e. The average molecular weight is 307 g/mol. The molecule has 1 nitrogen and oxygen atoms in total. The summed E-state index contributed by atoms with van der Waals surface area (Å²) in [5, 5.41) is 6.48. The molecule has 1 aromatic heterocycles. The van der Waals surface area contributed by atoms with E-state index in [0.29, 0.717) is 0 Å². The van der Waals surface area contributed by atoms with Gasteiger partial charge in [-0.05, 0) is 39.7 Å². The van der Waals surface area contributed by atoms with E-state index < -0.39 is 0 Å². The van der Waals surface area contributed by atoms with Gasteiger partial charge in [-0.2, -0.15) is 0 Å². The summed E-state index contributed by atoms with van der Waals surface area (Å²) in [7, 11) is 2.16. The highest BCUT2D eigenvalue weighted by molar-refractivity contribution is 6.13. The zero-order chi connectivity index (χ0) is 16.1. The van der Waals surface area contributed by atoms with Crippen LogP contribution in [0, 0.1) is 0 Å². The number of hydrogen-bond donors (Lipinski definition) is 0. The van der Waals surface area contributed by atoms with Crippen LogP contribution in [0.3, 0.4) is 0 Å². The van der Waals surface area contributed by atoms with Crippen LogP contribution in [0.2, 0.25) is 0 Å². The highest BCUT2D eigenvalue weighted by Crippen LogP contribution is 2.38. The normalized spacial score (nSPS) is 11.5. The molecule has 0 saturated carbocycles. The quantitative estimate of drug-likeness (QED) is 0.327. The van der Waals surface area contributed by atoms with Crippen molar-refractivity contribution in [2.45, 2.75) is 0 Å². The SMILES string of the molecule is Cn1c(-c2c3ccccc3cc3ccccc23)cc2ccccc21. The molecule has 0 unspecified atom stereocenters. The van der Waals surface area contributed by atoms with Gasteiger partial charge >= 0.3 is 0 Å². The first kappa shape index (κ1) is 13.4. The Morgan fingerprint density at radius 2 is 1.12 bits per heavy atom. The van der Waals surface area contributed by atoms with E-state index in [1.165, 1.54) is 43.7 Å². The van der Waals surface area contributed by atoms with E-state index in [-0.39, 0.29) is 0 Å². The van der Waals surface area contributed by atoms with Gasteiger partial charge in [-0.15, -0.1) is 0 Å². The van der Waals surface area contributed by atoms with E-state index in [9.17, 15) is 0 Å². The van der Waals surface area contributed by atoms with Gasteiger partial charge in [0.1, 0.15) is 0 Å². The summed E-state index contributed by atoms with van der Waals surface area (Å²) in [6.45, 7) is 0. The van der Waals surface area contributed by atoms with Crippen LogP contribution in [0.5, 0.6) is 0 Å². The van der Waals surface area contributed by atoms with Crippen molar-refractivity contribution in [2.75, 3.05) is 0 Å². The first-order chi connectivity index (χ1) is 11.8. The fraction of sp³-hybridized carbons (Fsp3) is 0.0435. The largest absolute Gasteiger partial charge is 0.344 e. The van der Waals surface area contributed by atoms with E-state index in [1.807, 2.05) is 0 Å². The third kappa shape index (κ3) is 1.82. The zero-order valence-electron chi connectivity index (χ0n) is 13.5. The van der Waals surface area contributed by atoms with Crippen LogP contribution in [-0.4, -0.2) is 4.57 Å². The minimum absolute atomic E-state index is 1.27. The molecule has 0 fully saturated rings. The molecule has 0 amide bonds. The smallest absolute Gasteiger partial charge is 0.0501 e. The predicted octanol–water partition coefficient (Wildman–Crippen LogP) is 6.15. The summed E-state index contributed by atoms with van der Waals surface area (Å²) < 4.78 is 2.31. The van der Waals surface area contributed by atoms with Gasteiger partial charge in [-0.25, -0.2) is 0 Å². The lowest BCUT2D eigenvalue weighted by molar-refractivity contribution is 0.981. The molecule has 5 rings (SSSR count). The second-order valence-corrected chi connectivity index (χ2v) is 6.34. The molecule has 4 aromatic carbocycles. The number of hydrogen-bond acceptors (Lipinski definition) is 0. The molecule has 0 saturated heterocycles. The van der Waals surface area contributed by atoms with Crippen LogP contribution in [0.4, 0.5) is 0 Å². The van der Waals surface area contributed by atoms with Crippen molar-refractivity contribution in [1.82, 2.24) is 4.57 Å². The van der Waals surface area contributed by atoms with Gasteiger partial charge in [0.05, 0.1) is 5.69 Å². The molecule has 114 valence electrons. The summed E-state index contributed by atoms with van der Waals surface area (Å²) in [5.41, 5.74) is 3.86. The Hall–Kier alpha value is -3.06. The maximum Gasteiger partial charge on any atom is 0.0501 e. The minimum atomic E-state index is 1.27. The van der Waals surface area contributed by atoms with Crippen LogP contribution in [0.15, 0.2) is 84.9 Å². The van der Waals surface area contributed by atoms with Gasteiger partial charge in [0, 0.05) is 23.5 Å². The molecule has 5 aromatic rings. The van der Waals surface area contributed by atoms with Crippen molar-refractivity contribution in [1.29, 1.82) is 0 Å². The number of aromatic nitrogens is 1. The number of rotatable bonds is 1. The highest BCUT2D eigenvalue weighted by Gasteiger charge is 2.14. The third-order valence-corrected chi connectivity index (χ3v) is 4.98. The van der Waals surface area contributed by atoms with Gasteiger partial charge in [-0.1, -0.05) is 66.7 Å². The van der Waals surface area contributed by atoms with Crippen molar-refractivity contribution >= 4 is 32.4 Å². The molecule has 0 radical (unpaired) electrons. The van der Waals surface area contributed by atoms with Gasteiger partial charge < -0.3 is 4.57 Å². The molecule has 0 N–H and O–H groups in total. The van der Waals surface area contributed by atoms with Gasteiger partial charge in [-0.3, -0.25) is 0 Å². The number of nitrogens with zero attached hydrogens (tertiary/aromatic N) is 1. The summed E-state index contributed by atoms with van der Waals surface area (Å²) >= 11 is 0. The zero-order valence-corrected chi connectivity index (χ0v) is 13.5. The average Bonchev–Trinajstić information content (AvgIpc) is 2.96. The van der Waals surface area contributed by atoms with E-state index in [4.69, 9.17) is 0 Å². The molecule has 0 bridgehead atoms. The van der Waals surface area contributed by atoms with Crippen molar-refractivity contribution in [3.63, 3.8) is 0 Å². The second kappa shape index (κ2) is 4.97. The van der Waals surface area contributed by atoms with Crippen molar-refractivity contribution in [2.24, 2.45) is 7.05 Å². The molecule has 0 aliphatic rings. The molecule has 24 heavy (non-hydrogen) atoms. The maximum absolute atomic E-state index is 2.31. The summed E-state index contributed by atoms with van der Waals surface area (Å²) in [6, 6.07) is 30.5. The topological polar surface area (TPSA) is 4.93 Å². The standard InChI is InChI=1S/C23H17N/c1-24-21-13-7-4-10-18(21)15-22(24)23-19-11-5-2-8-16(19)14-17-9-3-6-12-20(17)23/h2-15H,1H3. The Morgan fingerprint density at radius 3 is 1.75 bits per heavy atom. The molecular weight excluding hydrogens is 290 g/mol. The Bertz CT molecular complexity index is 1160. The van der Waals surface area contributed by atoms with Crippen molar-refractivity contribution in [3.8, 4) is 11.3 Å². The summed E-state index contributed by atoms with van der Waals surface area (Å²) in [5.74, 6) is 0. The van der Waals surface area contributed by atoms with Crippen LogP contribution in [0.1, 0.15) is 0 Å². The molecule has 0 aliphatic heterocycles. The lowest BCUT2D eigenvalue weighted by atomic mass is 9.95. The Morgan fingerprint density at radius 1 is 0.583 bits per heavy atom. The lowest BCUT2D eigenvalue weighted by Crippen LogP contribution is -1.93. The highest BCUT2D eigenvalue weighted by atomic mass is 14.9. The van der Waals surface area contributed by atoms with Gasteiger partial charge in [0.2, 0.25) is 0 Å². The van der Waals surface area contributed by atoms with E-state index in [2.05, 4.69) is 96.5 Å². The fourth-order valence-electron chi connectivity index (χ4n) is 3.82. The first-order valence-corrected chi connectivity index (χ1v) is 8.28. The van der Waals surface area contributed by atoms with Gasteiger partial charge in [0.25, 0.3) is 0 Å². The number of para-hydroxylation sites is 1. The molecule has 0 aliphatic carbocycles. The van der Waals surface area contributed by atoms with Crippen molar-refractivity contribution in [3.05, 3.63) is 84.9 Å². The molecule has 1 heteroatoms. The van der Waals surface area contributed by atoms with E-state index in [1.54, 1.807) is 0 Å². The monoisotopic (exact) mass is 307 g/mol. The Kier molecular flexibility index (Phi) is 2.77. The van der Waals surface area contributed by atoms with Crippen LogP contribution in [-0.2, 0) is 7.05 Å². The Balaban J connectivity index is 2.01. The second-order valence-electron chi connectivity index (χ2n) is 6.34. The first-order valence-electron chi connectivity index (χ1n) is 8.28. The van der Waals surface area contributed by atoms with Crippen LogP contribution < -0.4 is 0 Å². The molecule has 0 atom stereocenters. The summed E-state index contributed by atoms with van der Waals surface area (Å²) in [4.78, 5) is 0. The third-order valence-electron chi connectivity index (χ3n) is 4.98. The van der Waals surface area contributed by atoms with Crippen molar-refractivity contribution < 1.29 is 0 Å². The molecular formula is C23H17N. The fourth-order valence-corrected chi connectivity index (χ4v) is 3.82. The van der Waals surface area contributed by atoms with E-state index >= 15 is 0 Å². The lowest BCUT2D eigenvalue weighted by Gasteiger charge is -2.13. The van der Waals surface area contributed by atoms with Crippen LogP contribution in [0.25, 0.3) is 43.7 Å². The number of benzene rings is 4. The molecule has 0 spiro atoms. The Labute approximate surface area is 140 Å². The predicted molar refractivity (Wildman–Crippen MR) is 103 cm³/mol. The number of aryl methyl sites for hydroxylation is 1. The van der Waals surface area contributed by atoms with Gasteiger partial charge in [0.15, 0.2) is 0 Å². The van der Waals surface area contributed by atoms with E-state index in [0.717, 1.165) is 0 Å². The number of fused-ring (bicyclic) bond motifs is 3. The summed E-state index contributed by atoms with van der Waals surface area (Å²) in [6.07, 6.45) is 0.